The molecule has 3 N–H and O–H groups in total. The summed E-state index contributed by atoms with van der Waals surface area (Å²) in [5.74, 6) is 0. The molecule has 0 bridgehead atoms. The van der Waals surface area contributed by atoms with E-state index in [1.807, 2.05) is 60.7 Å². The number of benzene rings is 3. The molecular weight excluding hydrogens is 382 g/mol. The maximum Gasteiger partial charge on any atom is 0.117 e. The predicted octanol–water partition coefficient (Wildman–Crippen LogP) is 4.87. The fraction of sp³-hybridized carbons (Fsp3) is 0.208. The van der Waals surface area contributed by atoms with Crippen molar-refractivity contribution >= 4 is 23.0 Å². The van der Waals surface area contributed by atoms with E-state index < -0.39 is 0 Å². The van der Waals surface area contributed by atoms with Crippen molar-refractivity contribution < 1.29 is 5.21 Å². The van der Waals surface area contributed by atoms with Crippen LogP contribution in [0.1, 0.15) is 27.8 Å². The Balaban J connectivity index is 1.51. The smallest absolute Gasteiger partial charge is 0.117 e. The summed E-state index contributed by atoms with van der Waals surface area (Å²) in [6.45, 7) is 2.66. The highest BCUT2D eigenvalue weighted by Crippen LogP contribution is 2.31. The van der Waals surface area contributed by atoms with Crippen molar-refractivity contribution in [2.75, 3.05) is 18.4 Å². The van der Waals surface area contributed by atoms with E-state index in [1.165, 1.54) is 11.1 Å². The van der Waals surface area contributed by atoms with Crippen LogP contribution in [0.2, 0.25) is 5.02 Å². The fourth-order valence-corrected chi connectivity index (χ4v) is 4.03. The van der Waals surface area contributed by atoms with Gasteiger partial charge >= 0.3 is 0 Å². The molecule has 0 spiro atoms. The van der Waals surface area contributed by atoms with Crippen LogP contribution in [-0.2, 0) is 19.4 Å². The van der Waals surface area contributed by atoms with Gasteiger partial charge in [-0.2, -0.15) is 0 Å². The van der Waals surface area contributed by atoms with Crippen LogP contribution in [0.3, 0.4) is 0 Å². The molecule has 4 rings (SSSR count). The van der Waals surface area contributed by atoms with E-state index in [0.717, 1.165) is 53.3 Å². The highest BCUT2D eigenvalue weighted by molar-refractivity contribution is 6.33. The first kappa shape index (κ1) is 19.5. The van der Waals surface area contributed by atoms with Crippen LogP contribution in [0.25, 0.3) is 0 Å². The second-order valence-corrected chi connectivity index (χ2v) is 7.58. The maximum atomic E-state index is 9.48. The average Bonchev–Trinajstić information content (AvgIpc) is 3.01. The Hall–Kier alpha value is -2.82. The molecule has 0 amide bonds. The van der Waals surface area contributed by atoms with E-state index in [4.69, 9.17) is 11.6 Å². The average molecular weight is 406 g/mol. The second-order valence-electron chi connectivity index (χ2n) is 7.18. The van der Waals surface area contributed by atoms with E-state index in [2.05, 4.69) is 21.9 Å². The van der Waals surface area contributed by atoms with Gasteiger partial charge in [0.15, 0.2) is 0 Å². The first-order chi connectivity index (χ1) is 14.3. The van der Waals surface area contributed by atoms with E-state index >= 15 is 0 Å². The standard InChI is InChI=1S/C24H24ClN3O/c25-22-11-10-18-12-14-26-15-13-21(18)24(22)27-16-17-6-8-20(9-7-17)23(28-29)19-4-2-1-3-5-19/h1-11,26-27,29H,12-16H2/b28-23-. The molecule has 29 heavy (non-hydrogen) atoms. The summed E-state index contributed by atoms with van der Waals surface area (Å²) in [5, 5.41) is 20.7. The molecule has 4 nitrogen and oxygen atoms in total. The minimum Gasteiger partial charge on any atom is -0.410 e. The van der Waals surface area contributed by atoms with Crippen LogP contribution < -0.4 is 10.6 Å². The Labute approximate surface area is 176 Å². The zero-order valence-corrected chi connectivity index (χ0v) is 16.9. The number of nitrogens with zero attached hydrogens (tertiary/aromatic N) is 1. The summed E-state index contributed by atoms with van der Waals surface area (Å²) in [4.78, 5) is 0. The number of halogens is 1. The molecule has 0 unspecified atom stereocenters. The van der Waals surface area contributed by atoms with Crippen LogP contribution in [0, 0.1) is 0 Å². The Bertz CT molecular complexity index is 1000. The lowest BCUT2D eigenvalue weighted by Crippen LogP contribution is -2.16. The summed E-state index contributed by atoms with van der Waals surface area (Å²) < 4.78 is 0. The van der Waals surface area contributed by atoms with Crippen LogP contribution in [0.4, 0.5) is 5.69 Å². The number of fused-ring (bicyclic) bond motifs is 1. The predicted molar refractivity (Wildman–Crippen MR) is 119 cm³/mol. The minimum absolute atomic E-state index is 0.564. The second kappa shape index (κ2) is 9.12. The van der Waals surface area contributed by atoms with Crippen molar-refractivity contribution in [3.8, 4) is 0 Å². The Morgan fingerprint density at radius 2 is 1.66 bits per heavy atom. The van der Waals surface area contributed by atoms with Crippen molar-refractivity contribution in [3.63, 3.8) is 0 Å². The minimum atomic E-state index is 0.564. The van der Waals surface area contributed by atoms with Crippen molar-refractivity contribution in [2.45, 2.75) is 19.4 Å². The Morgan fingerprint density at radius 1 is 0.931 bits per heavy atom. The highest BCUT2D eigenvalue weighted by atomic mass is 35.5. The lowest BCUT2D eigenvalue weighted by atomic mass is 10.00. The van der Waals surface area contributed by atoms with Crippen LogP contribution >= 0.6 is 11.6 Å². The normalized spacial score (nSPS) is 14.2. The van der Waals surface area contributed by atoms with E-state index in [-0.39, 0.29) is 0 Å². The lowest BCUT2D eigenvalue weighted by molar-refractivity contribution is 0.319. The van der Waals surface area contributed by atoms with Gasteiger partial charge in [-0.05, 0) is 48.7 Å². The van der Waals surface area contributed by atoms with Gasteiger partial charge in [-0.1, -0.05) is 77.4 Å². The maximum absolute atomic E-state index is 9.48. The number of oxime groups is 1. The number of nitrogens with one attached hydrogen (secondary N) is 2. The third kappa shape index (κ3) is 4.44. The van der Waals surface area contributed by atoms with E-state index in [0.29, 0.717) is 12.3 Å². The molecule has 0 atom stereocenters. The largest absolute Gasteiger partial charge is 0.410 e. The zero-order valence-electron chi connectivity index (χ0n) is 16.2. The first-order valence-electron chi connectivity index (χ1n) is 9.88. The van der Waals surface area contributed by atoms with Crippen molar-refractivity contribution in [1.29, 1.82) is 0 Å². The molecule has 3 aromatic rings. The Morgan fingerprint density at radius 3 is 2.41 bits per heavy atom. The molecule has 5 heteroatoms. The summed E-state index contributed by atoms with van der Waals surface area (Å²) in [5.41, 5.74) is 7.18. The summed E-state index contributed by atoms with van der Waals surface area (Å²) in [7, 11) is 0. The number of hydrogen-bond acceptors (Lipinski definition) is 4. The van der Waals surface area contributed by atoms with Gasteiger partial charge in [0.05, 0.1) is 10.7 Å². The summed E-state index contributed by atoms with van der Waals surface area (Å²) in [6, 6.07) is 21.9. The summed E-state index contributed by atoms with van der Waals surface area (Å²) in [6.07, 6.45) is 2.00. The van der Waals surface area contributed by atoms with Crippen molar-refractivity contribution in [2.24, 2.45) is 5.16 Å². The van der Waals surface area contributed by atoms with Crippen LogP contribution in [0.15, 0.2) is 71.9 Å². The third-order valence-electron chi connectivity index (χ3n) is 5.33. The number of hydrogen-bond donors (Lipinski definition) is 3. The number of rotatable bonds is 5. The third-order valence-corrected chi connectivity index (χ3v) is 5.64. The van der Waals surface area contributed by atoms with Gasteiger partial charge in [-0.15, -0.1) is 0 Å². The molecule has 1 aliphatic heterocycles. The topological polar surface area (TPSA) is 56.7 Å². The van der Waals surface area contributed by atoms with Gasteiger partial charge in [0, 0.05) is 17.7 Å². The molecule has 1 aliphatic rings. The zero-order chi connectivity index (χ0) is 20.1. The molecule has 3 aromatic carbocycles. The lowest BCUT2D eigenvalue weighted by Gasteiger charge is -2.16. The molecule has 148 valence electrons. The van der Waals surface area contributed by atoms with Gasteiger partial charge in [0.25, 0.3) is 0 Å². The molecule has 1 heterocycles. The van der Waals surface area contributed by atoms with E-state index in [9.17, 15) is 5.21 Å². The monoisotopic (exact) mass is 405 g/mol. The van der Waals surface area contributed by atoms with Crippen molar-refractivity contribution in [3.05, 3.63) is 99.6 Å². The van der Waals surface area contributed by atoms with Gasteiger partial charge in [0.1, 0.15) is 5.71 Å². The fourth-order valence-electron chi connectivity index (χ4n) is 3.78. The molecule has 0 aliphatic carbocycles. The quantitative estimate of drug-likeness (QED) is 0.322. The molecule has 0 aromatic heterocycles. The van der Waals surface area contributed by atoms with Crippen LogP contribution in [-0.4, -0.2) is 24.0 Å². The van der Waals surface area contributed by atoms with Gasteiger partial charge < -0.3 is 15.8 Å². The number of anilines is 1. The SMILES string of the molecule is O/N=C(/c1ccccc1)c1ccc(CNc2c(Cl)ccc3c2CCNCC3)cc1. The molecule has 0 radical (unpaired) electrons. The van der Waals surface area contributed by atoms with Gasteiger partial charge in [0.2, 0.25) is 0 Å². The molecule has 0 saturated heterocycles. The Kier molecular flexibility index (Phi) is 6.13. The van der Waals surface area contributed by atoms with Crippen molar-refractivity contribution in [1.82, 2.24) is 5.32 Å². The van der Waals surface area contributed by atoms with Gasteiger partial charge in [-0.3, -0.25) is 0 Å². The summed E-state index contributed by atoms with van der Waals surface area (Å²) >= 11 is 6.51. The van der Waals surface area contributed by atoms with Gasteiger partial charge in [-0.25, -0.2) is 0 Å². The molecular formula is C24H24ClN3O. The molecule has 0 fully saturated rings. The molecule has 0 saturated carbocycles. The first-order valence-corrected chi connectivity index (χ1v) is 10.3. The van der Waals surface area contributed by atoms with E-state index in [1.54, 1.807) is 0 Å². The van der Waals surface area contributed by atoms with Crippen LogP contribution in [0.5, 0.6) is 0 Å². The highest BCUT2D eigenvalue weighted by Gasteiger charge is 2.15.